The first-order valence-corrected chi connectivity index (χ1v) is 7.55. The highest BCUT2D eigenvalue weighted by molar-refractivity contribution is 6.01. The summed E-state index contributed by atoms with van der Waals surface area (Å²) in [7, 11) is 2.78. The lowest BCUT2D eigenvalue weighted by molar-refractivity contribution is 0.0598. The number of ketones is 1. The summed E-state index contributed by atoms with van der Waals surface area (Å²) in [5.74, 6) is -0.236. The van der Waals surface area contributed by atoms with Crippen molar-refractivity contribution < 1.29 is 19.1 Å². The average Bonchev–Trinajstić information content (AvgIpc) is 2.60. The van der Waals surface area contributed by atoms with Gasteiger partial charge in [0.05, 0.1) is 14.2 Å². The highest BCUT2D eigenvalue weighted by Gasteiger charge is 2.30. The van der Waals surface area contributed by atoms with E-state index in [1.165, 1.54) is 13.2 Å². The third kappa shape index (κ3) is 2.71. The van der Waals surface area contributed by atoms with Crippen molar-refractivity contribution >= 4 is 11.8 Å². The molecule has 1 aliphatic rings. The first-order valence-electron chi connectivity index (χ1n) is 7.55. The van der Waals surface area contributed by atoms with Crippen molar-refractivity contribution in [3.05, 3.63) is 63.1 Å². The molecule has 1 atom stereocenters. The number of H-pyrrole nitrogens is 1. The van der Waals surface area contributed by atoms with Crippen LogP contribution in [0.5, 0.6) is 5.75 Å². The van der Waals surface area contributed by atoms with Gasteiger partial charge in [-0.2, -0.15) is 0 Å². The predicted octanol–water partition coefficient (Wildman–Crippen LogP) is 2.08. The highest BCUT2D eigenvalue weighted by Crippen LogP contribution is 2.36. The number of hydrogen-bond acceptors (Lipinski definition) is 5. The first-order chi connectivity index (χ1) is 11.5. The molecule has 1 heterocycles. The van der Waals surface area contributed by atoms with Crippen LogP contribution >= 0.6 is 0 Å². The summed E-state index contributed by atoms with van der Waals surface area (Å²) in [5, 5.41) is 0. The Kier molecular flexibility index (Phi) is 4.20. The molecule has 1 aliphatic carbocycles. The number of aromatic nitrogens is 1. The molecule has 0 saturated heterocycles. The van der Waals surface area contributed by atoms with Crippen LogP contribution in [0.3, 0.4) is 0 Å². The minimum atomic E-state index is -0.751. The molecule has 0 unspecified atom stereocenters. The number of rotatable bonds is 3. The van der Waals surface area contributed by atoms with E-state index in [4.69, 9.17) is 4.74 Å². The van der Waals surface area contributed by atoms with Gasteiger partial charge in [0, 0.05) is 23.6 Å². The van der Waals surface area contributed by atoms with Gasteiger partial charge in [0.15, 0.2) is 5.78 Å². The Morgan fingerprint density at radius 1 is 1.17 bits per heavy atom. The number of carbonyl (C=O) groups is 2. The Hall–Kier alpha value is -2.89. The maximum absolute atomic E-state index is 12.5. The zero-order valence-electron chi connectivity index (χ0n) is 13.4. The van der Waals surface area contributed by atoms with Crippen LogP contribution in [0.1, 0.15) is 44.3 Å². The van der Waals surface area contributed by atoms with Crippen molar-refractivity contribution in [1.29, 1.82) is 0 Å². The van der Waals surface area contributed by atoms with E-state index >= 15 is 0 Å². The summed E-state index contributed by atoms with van der Waals surface area (Å²) >= 11 is 0. The molecule has 0 saturated carbocycles. The number of aromatic amines is 1. The SMILES string of the molecule is COC(=O)c1cc2c([nH]c1=O)C[C@@H](c1ccccc1OC)CC2=O. The summed E-state index contributed by atoms with van der Waals surface area (Å²) in [6.07, 6.45) is 0.790. The van der Waals surface area contributed by atoms with Crippen LogP contribution in [0.2, 0.25) is 0 Å². The summed E-state index contributed by atoms with van der Waals surface area (Å²) in [4.78, 5) is 38.9. The van der Waals surface area contributed by atoms with Crippen LogP contribution < -0.4 is 10.3 Å². The van der Waals surface area contributed by atoms with Crippen LogP contribution in [0.25, 0.3) is 0 Å². The number of para-hydroxylation sites is 1. The number of fused-ring (bicyclic) bond motifs is 1. The molecule has 6 heteroatoms. The fourth-order valence-electron chi connectivity index (χ4n) is 3.12. The van der Waals surface area contributed by atoms with E-state index in [1.807, 2.05) is 24.3 Å². The van der Waals surface area contributed by atoms with Crippen LogP contribution in [0.15, 0.2) is 35.1 Å². The molecular formula is C18H17NO5. The van der Waals surface area contributed by atoms with Crippen molar-refractivity contribution in [2.75, 3.05) is 14.2 Å². The third-order valence-corrected chi connectivity index (χ3v) is 4.29. The van der Waals surface area contributed by atoms with Gasteiger partial charge in [-0.1, -0.05) is 18.2 Å². The number of nitrogens with one attached hydrogen (secondary N) is 1. The van der Waals surface area contributed by atoms with Gasteiger partial charge >= 0.3 is 5.97 Å². The molecule has 0 fully saturated rings. The fraction of sp³-hybridized carbons (Fsp3) is 0.278. The summed E-state index contributed by atoms with van der Waals surface area (Å²) in [5.41, 5.74) is 1.15. The van der Waals surface area contributed by atoms with E-state index < -0.39 is 11.5 Å². The Labute approximate surface area is 138 Å². The average molecular weight is 327 g/mol. The van der Waals surface area contributed by atoms with Gasteiger partial charge in [-0.05, 0) is 24.1 Å². The van der Waals surface area contributed by atoms with Crippen molar-refractivity contribution in [1.82, 2.24) is 4.98 Å². The normalized spacial score (nSPS) is 16.4. The maximum atomic E-state index is 12.5. The van der Waals surface area contributed by atoms with Crippen molar-refractivity contribution in [2.45, 2.75) is 18.8 Å². The number of benzene rings is 1. The molecule has 6 nitrogen and oxygen atoms in total. The number of Topliss-reactive ketones (excluding diaryl/α,β-unsaturated/α-hetero) is 1. The Balaban J connectivity index is 2.02. The minimum absolute atomic E-state index is 0.0826. The maximum Gasteiger partial charge on any atom is 0.343 e. The second kappa shape index (κ2) is 6.31. The quantitative estimate of drug-likeness (QED) is 0.873. The summed E-state index contributed by atoms with van der Waals surface area (Å²) < 4.78 is 9.94. The van der Waals surface area contributed by atoms with Crippen molar-refractivity contribution in [3.63, 3.8) is 0 Å². The Morgan fingerprint density at radius 2 is 1.92 bits per heavy atom. The number of methoxy groups -OCH3 is 2. The molecule has 0 aliphatic heterocycles. The largest absolute Gasteiger partial charge is 0.496 e. The van der Waals surface area contributed by atoms with Crippen molar-refractivity contribution in [2.24, 2.45) is 0 Å². The lowest BCUT2D eigenvalue weighted by atomic mass is 9.81. The number of ether oxygens (including phenoxy) is 2. The minimum Gasteiger partial charge on any atom is -0.496 e. The number of pyridine rings is 1. The van der Waals surface area contributed by atoms with Gasteiger partial charge in [0.25, 0.3) is 5.56 Å². The zero-order chi connectivity index (χ0) is 17.3. The van der Waals surface area contributed by atoms with Crippen LogP contribution in [-0.2, 0) is 11.2 Å². The lowest BCUT2D eigenvalue weighted by Gasteiger charge is -2.25. The van der Waals surface area contributed by atoms with Gasteiger partial charge in [-0.3, -0.25) is 9.59 Å². The second-order valence-electron chi connectivity index (χ2n) is 5.67. The molecule has 24 heavy (non-hydrogen) atoms. The second-order valence-corrected chi connectivity index (χ2v) is 5.67. The zero-order valence-corrected chi connectivity index (χ0v) is 13.4. The molecule has 0 spiro atoms. The van der Waals surface area contributed by atoms with Gasteiger partial charge < -0.3 is 14.5 Å². The Bertz CT molecular complexity index is 868. The molecule has 1 N–H and O–H groups in total. The topological polar surface area (TPSA) is 85.5 Å². The molecule has 1 aromatic heterocycles. The molecule has 124 valence electrons. The highest BCUT2D eigenvalue weighted by atomic mass is 16.5. The van der Waals surface area contributed by atoms with E-state index in [2.05, 4.69) is 9.72 Å². The van der Waals surface area contributed by atoms with Gasteiger partial charge in [-0.15, -0.1) is 0 Å². The third-order valence-electron chi connectivity index (χ3n) is 4.29. The number of esters is 1. The molecule has 2 aromatic rings. The summed E-state index contributed by atoms with van der Waals surface area (Å²) in [6, 6.07) is 8.86. The molecule has 1 aromatic carbocycles. The molecular weight excluding hydrogens is 310 g/mol. The fourth-order valence-corrected chi connectivity index (χ4v) is 3.12. The summed E-state index contributed by atoms with van der Waals surface area (Å²) in [6.45, 7) is 0. The Morgan fingerprint density at radius 3 is 2.62 bits per heavy atom. The van der Waals surface area contributed by atoms with Gasteiger partial charge in [0.2, 0.25) is 0 Å². The van der Waals surface area contributed by atoms with E-state index in [-0.39, 0.29) is 17.3 Å². The van der Waals surface area contributed by atoms with Crippen LogP contribution in [0, 0.1) is 0 Å². The monoisotopic (exact) mass is 327 g/mol. The van der Waals surface area contributed by atoms with E-state index in [0.717, 1.165) is 5.56 Å². The molecule has 3 rings (SSSR count). The smallest absolute Gasteiger partial charge is 0.343 e. The van der Waals surface area contributed by atoms with Crippen LogP contribution in [-0.4, -0.2) is 31.0 Å². The number of hydrogen-bond donors (Lipinski definition) is 1. The standard InChI is InChI=1S/C18H17NO5/c1-23-16-6-4-3-5-11(16)10-7-14-12(15(20)8-10)9-13(17(21)19-14)18(22)24-2/h3-6,9-10H,7-8H2,1-2H3,(H,19,21)/t10-/m1/s1. The van der Waals surface area contributed by atoms with Crippen molar-refractivity contribution in [3.8, 4) is 5.75 Å². The van der Waals surface area contributed by atoms with E-state index in [1.54, 1.807) is 7.11 Å². The molecule has 0 bridgehead atoms. The van der Waals surface area contributed by atoms with Gasteiger partial charge in [-0.25, -0.2) is 4.79 Å². The van der Waals surface area contributed by atoms with E-state index in [9.17, 15) is 14.4 Å². The van der Waals surface area contributed by atoms with Gasteiger partial charge in [0.1, 0.15) is 11.3 Å². The number of carbonyl (C=O) groups excluding carboxylic acids is 2. The molecule has 0 amide bonds. The van der Waals surface area contributed by atoms with E-state index in [0.29, 0.717) is 29.8 Å². The predicted molar refractivity (Wildman–Crippen MR) is 86.8 cm³/mol. The lowest BCUT2D eigenvalue weighted by Crippen LogP contribution is -2.27. The van der Waals surface area contributed by atoms with Crippen LogP contribution in [0.4, 0.5) is 0 Å². The molecule has 0 radical (unpaired) electrons. The first kappa shape index (κ1) is 16.0.